The lowest BCUT2D eigenvalue weighted by molar-refractivity contribution is -0.116. The zero-order chi connectivity index (χ0) is 24.4. The van der Waals surface area contributed by atoms with Gasteiger partial charge in [0.2, 0.25) is 0 Å². The first kappa shape index (κ1) is 23.8. The van der Waals surface area contributed by atoms with E-state index < -0.39 is 0 Å². The molecule has 0 aliphatic rings. The maximum Gasteiger partial charge on any atom is 0.272 e. The molecule has 7 heteroatoms. The molecular formula is C28H23ClN2O2S2. The van der Waals surface area contributed by atoms with Gasteiger partial charge in [-0.15, -0.1) is 11.3 Å². The fourth-order valence-corrected chi connectivity index (χ4v) is 6.14. The van der Waals surface area contributed by atoms with Crippen molar-refractivity contribution in [3.63, 3.8) is 0 Å². The van der Waals surface area contributed by atoms with Crippen LogP contribution in [0.15, 0.2) is 82.7 Å². The predicted molar refractivity (Wildman–Crippen MR) is 147 cm³/mol. The SMILES string of the molecule is Cc1ccc(CCC(=O)CSc2nc3c(sc4ccccc43)c(=O)n2Cc2ccccc2Cl)cc1. The Kier molecular flexibility index (Phi) is 7.04. The van der Waals surface area contributed by atoms with Crippen molar-refractivity contribution in [2.75, 3.05) is 5.75 Å². The Bertz CT molecular complexity index is 1590. The number of hydrogen-bond donors (Lipinski definition) is 0. The Morgan fingerprint density at radius 2 is 1.77 bits per heavy atom. The maximum atomic E-state index is 13.6. The molecule has 0 saturated carbocycles. The molecule has 0 aliphatic heterocycles. The van der Waals surface area contributed by atoms with E-state index in [-0.39, 0.29) is 17.1 Å². The van der Waals surface area contributed by atoms with Crippen LogP contribution in [0.5, 0.6) is 0 Å². The van der Waals surface area contributed by atoms with Crippen molar-refractivity contribution in [3.05, 3.63) is 105 Å². The monoisotopic (exact) mass is 518 g/mol. The number of rotatable bonds is 8. The molecule has 0 spiro atoms. The van der Waals surface area contributed by atoms with Gasteiger partial charge in [0.1, 0.15) is 10.5 Å². The molecule has 4 nitrogen and oxygen atoms in total. The van der Waals surface area contributed by atoms with E-state index in [4.69, 9.17) is 16.6 Å². The summed E-state index contributed by atoms with van der Waals surface area (Å²) < 4.78 is 3.29. The number of fused-ring (bicyclic) bond motifs is 3. The quantitative estimate of drug-likeness (QED) is 0.165. The number of carbonyl (C=O) groups excluding carboxylic acids is 1. The third-order valence-corrected chi connectivity index (χ3v) is 8.46. The van der Waals surface area contributed by atoms with Crippen LogP contribution in [0, 0.1) is 6.92 Å². The number of thiophene rings is 1. The average Bonchev–Trinajstić information content (AvgIpc) is 3.24. The van der Waals surface area contributed by atoms with E-state index in [1.165, 1.54) is 28.7 Å². The molecule has 5 aromatic rings. The highest BCUT2D eigenvalue weighted by Gasteiger charge is 2.18. The highest BCUT2D eigenvalue weighted by Crippen LogP contribution is 2.32. The fraction of sp³-hybridized carbons (Fsp3) is 0.179. The summed E-state index contributed by atoms with van der Waals surface area (Å²) in [7, 11) is 0. The number of benzene rings is 3. The molecule has 0 amide bonds. The van der Waals surface area contributed by atoms with Crippen LogP contribution in [0.25, 0.3) is 20.3 Å². The van der Waals surface area contributed by atoms with Gasteiger partial charge in [-0.2, -0.15) is 0 Å². The lowest BCUT2D eigenvalue weighted by atomic mass is 10.1. The van der Waals surface area contributed by atoms with Gasteiger partial charge in [0, 0.05) is 21.5 Å². The van der Waals surface area contributed by atoms with Gasteiger partial charge in [0.15, 0.2) is 5.16 Å². The Labute approximate surface area is 216 Å². The van der Waals surface area contributed by atoms with Crippen LogP contribution in [-0.4, -0.2) is 21.1 Å². The van der Waals surface area contributed by atoms with E-state index in [1.807, 2.05) is 55.5 Å². The molecule has 2 heterocycles. The normalized spacial score (nSPS) is 11.4. The topological polar surface area (TPSA) is 52.0 Å². The first-order valence-corrected chi connectivity index (χ1v) is 13.5. The smallest absolute Gasteiger partial charge is 0.272 e. The Hall–Kier alpha value is -2.93. The Morgan fingerprint density at radius 1 is 1.03 bits per heavy atom. The Balaban J connectivity index is 1.45. The zero-order valence-electron chi connectivity index (χ0n) is 19.2. The lowest BCUT2D eigenvalue weighted by Crippen LogP contribution is -2.23. The molecule has 0 aliphatic carbocycles. The first-order chi connectivity index (χ1) is 17.0. The number of halogens is 1. The lowest BCUT2D eigenvalue weighted by Gasteiger charge is -2.13. The van der Waals surface area contributed by atoms with Crippen molar-refractivity contribution < 1.29 is 4.79 Å². The van der Waals surface area contributed by atoms with Crippen molar-refractivity contribution in [1.29, 1.82) is 0 Å². The van der Waals surface area contributed by atoms with Crippen LogP contribution < -0.4 is 5.56 Å². The van der Waals surface area contributed by atoms with E-state index in [1.54, 1.807) is 4.57 Å². The molecule has 3 aromatic carbocycles. The van der Waals surface area contributed by atoms with Gasteiger partial charge < -0.3 is 0 Å². The van der Waals surface area contributed by atoms with Gasteiger partial charge in [-0.25, -0.2) is 4.98 Å². The maximum absolute atomic E-state index is 13.6. The van der Waals surface area contributed by atoms with E-state index >= 15 is 0 Å². The second kappa shape index (κ2) is 10.4. The zero-order valence-corrected chi connectivity index (χ0v) is 21.6. The summed E-state index contributed by atoms with van der Waals surface area (Å²) in [5.41, 5.74) is 3.78. The van der Waals surface area contributed by atoms with Gasteiger partial charge in [-0.05, 0) is 36.6 Å². The van der Waals surface area contributed by atoms with E-state index in [0.717, 1.165) is 21.2 Å². The second-order valence-corrected chi connectivity index (χ2v) is 10.9. The van der Waals surface area contributed by atoms with Gasteiger partial charge in [-0.3, -0.25) is 14.2 Å². The summed E-state index contributed by atoms with van der Waals surface area (Å²) in [4.78, 5) is 31.2. The summed E-state index contributed by atoms with van der Waals surface area (Å²) in [6, 6.07) is 23.6. The summed E-state index contributed by atoms with van der Waals surface area (Å²) in [6.45, 7) is 2.35. The molecule has 176 valence electrons. The van der Waals surface area contributed by atoms with Gasteiger partial charge in [0.05, 0.1) is 17.8 Å². The van der Waals surface area contributed by atoms with Crippen LogP contribution in [0.3, 0.4) is 0 Å². The average molecular weight is 519 g/mol. The van der Waals surface area contributed by atoms with Crippen LogP contribution in [0.2, 0.25) is 5.02 Å². The minimum absolute atomic E-state index is 0.106. The number of carbonyl (C=O) groups is 1. The van der Waals surface area contributed by atoms with Crippen LogP contribution in [0.1, 0.15) is 23.1 Å². The molecule has 0 saturated heterocycles. The third kappa shape index (κ3) is 5.20. The van der Waals surface area contributed by atoms with Crippen molar-refractivity contribution in [3.8, 4) is 0 Å². The Morgan fingerprint density at radius 3 is 2.57 bits per heavy atom. The first-order valence-electron chi connectivity index (χ1n) is 11.3. The predicted octanol–water partition coefficient (Wildman–Crippen LogP) is 6.92. The van der Waals surface area contributed by atoms with E-state index in [2.05, 4.69) is 24.3 Å². The van der Waals surface area contributed by atoms with Crippen LogP contribution in [-0.2, 0) is 17.8 Å². The van der Waals surface area contributed by atoms with Crippen molar-refractivity contribution in [2.45, 2.75) is 31.5 Å². The number of hydrogen-bond acceptors (Lipinski definition) is 5. The minimum atomic E-state index is -0.106. The summed E-state index contributed by atoms with van der Waals surface area (Å²) >= 11 is 9.18. The number of nitrogens with zero attached hydrogens (tertiary/aromatic N) is 2. The van der Waals surface area contributed by atoms with E-state index in [0.29, 0.717) is 39.8 Å². The molecule has 0 radical (unpaired) electrons. The molecule has 0 N–H and O–H groups in total. The van der Waals surface area contributed by atoms with Crippen molar-refractivity contribution in [2.24, 2.45) is 0 Å². The number of Topliss-reactive ketones (excluding diaryl/α,β-unsaturated/α-hetero) is 1. The molecule has 2 aromatic heterocycles. The molecular weight excluding hydrogens is 496 g/mol. The third-order valence-electron chi connectivity index (χ3n) is 5.91. The summed E-state index contributed by atoms with van der Waals surface area (Å²) in [5.74, 6) is 0.387. The number of aromatic nitrogens is 2. The van der Waals surface area contributed by atoms with Crippen molar-refractivity contribution >= 4 is 60.8 Å². The highest BCUT2D eigenvalue weighted by molar-refractivity contribution is 7.99. The second-order valence-electron chi connectivity index (χ2n) is 8.47. The van der Waals surface area contributed by atoms with Crippen molar-refractivity contribution in [1.82, 2.24) is 9.55 Å². The number of ketones is 1. The molecule has 0 bridgehead atoms. The van der Waals surface area contributed by atoms with E-state index in [9.17, 15) is 9.59 Å². The molecule has 5 rings (SSSR count). The largest absolute Gasteiger partial charge is 0.299 e. The standard InChI is InChI=1S/C28H23ClN2O2S2/c1-18-10-12-19(13-11-18)14-15-21(32)17-34-28-30-25-22-7-3-5-9-24(22)35-26(25)27(33)31(28)16-20-6-2-4-8-23(20)29/h2-13H,14-17H2,1H3. The van der Waals surface area contributed by atoms with Gasteiger partial charge in [0.25, 0.3) is 5.56 Å². The number of aryl methyl sites for hydroxylation is 2. The van der Waals surface area contributed by atoms with Gasteiger partial charge >= 0.3 is 0 Å². The van der Waals surface area contributed by atoms with Crippen LogP contribution in [0.4, 0.5) is 0 Å². The molecule has 0 unspecified atom stereocenters. The molecule has 0 fully saturated rings. The summed E-state index contributed by atoms with van der Waals surface area (Å²) in [5, 5.41) is 2.10. The van der Waals surface area contributed by atoms with Crippen LogP contribution >= 0.6 is 34.7 Å². The molecule has 35 heavy (non-hydrogen) atoms. The number of thioether (sulfide) groups is 1. The fourth-order valence-electron chi connectivity index (χ4n) is 3.96. The summed E-state index contributed by atoms with van der Waals surface area (Å²) in [6.07, 6.45) is 1.15. The molecule has 0 atom stereocenters. The highest BCUT2D eigenvalue weighted by atomic mass is 35.5. The van der Waals surface area contributed by atoms with Gasteiger partial charge in [-0.1, -0.05) is 89.6 Å². The minimum Gasteiger partial charge on any atom is -0.299 e.